The molecular weight excluding hydrogens is 304 g/mol. The number of benzene rings is 1. The van der Waals surface area contributed by atoms with E-state index in [0.717, 1.165) is 36.2 Å². The summed E-state index contributed by atoms with van der Waals surface area (Å²) >= 11 is 0. The van der Waals surface area contributed by atoms with Crippen molar-refractivity contribution in [1.82, 2.24) is 4.98 Å². The van der Waals surface area contributed by atoms with Gasteiger partial charge in [-0.25, -0.2) is 4.98 Å². The maximum absolute atomic E-state index is 4.48. The van der Waals surface area contributed by atoms with E-state index in [4.69, 9.17) is 0 Å². The van der Waals surface area contributed by atoms with Crippen LogP contribution in [0.2, 0.25) is 0 Å². The average Bonchev–Trinajstić information content (AvgIpc) is 2.55. The summed E-state index contributed by atoms with van der Waals surface area (Å²) in [7, 11) is 0. The molecule has 0 unspecified atom stereocenters. The van der Waals surface area contributed by atoms with E-state index in [9.17, 15) is 0 Å². The molecule has 0 aliphatic heterocycles. The van der Waals surface area contributed by atoms with Gasteiger partial charge in [0.05, 0.1) is 0 Å². The molecule has 0 amide bonds. The van der Waals surface area contributed by atoms with Gasteiger partial charge in [-0.15, -0.1) is 0 Å². The minimum Gasteiger partial charge on any atom is -0.340 e. The van der Waals surface area contributed by atoms with Crippen molar-refractivity contribution in [2.75, 3.05) is 5.32 Å². The monoisotopic (exact) mass is 338 g/mol. The minimum atomic E-state index is 0.776. The van der Waals surface area contributed by atoms with Gasteiger partial charge in [0.25, 0.3) is 0 Å². The maximum Gasteiger partial charge on any atom is 0.130 e. The number of aromatic nitrogens is 1. The normalized spacial score (nSPS) is 11.3. The van der Waals surface area contributed by atoms with Crippen LogP contribution in [0.3, 0.4) is 0 Å². The summed E-state index contributed by atoms with van der Waals surface area (Å²) in [6.45, 7) is 9.15. The SMILES string of the molecule is CC(C)CCCc1cccc(Nc2cc(CCCC(C)C)ccn2)c1. The Morgan fingerprint density at radius 2 is 1.48 bits per heavy atom. The number of nitrogens with one attached hydrogen (secondary N) is 1. The fourth-order valence-electron chi connectivity index (χ4n) is 3.08. The van der Waals surface area contributed by atoms with Crippen LogP contribution in [-0.2, 0) is 12.8 Å². The lowest BCUT2D eigenvalue weighted by atomic mass is 10.0. The maximum atomic E-state index is 4.48. The van der Waals surface area contributed by atoms with Crippen molar-refractivity contribution in [3.63, 3.8) is 0 Å². The predicted molar refractivity (Wildman–Crippen MR) is 110 cm³/mol. The summed E-state index contributed by atoms with van der Waals surface area (Å²) in [5.41, 5.74) is 3.90. The number of anilines is 2. The van der Waals surface area contributed by atoms with E-state index in [1.165, 1.54) is 36.8 Å². The molecule has 0 fully saturated rings. The molecule has 0 aliphatic carbocycles. The van der Waals surface area contributed by atoms with Crippen molar-refractivity contribution < 1.29 is 0 Å². The van der Waals surface area contributed by atoms with E-state index in [2.05, 4.69) is 74.4 Å². The molecule has 136 valence electrons. The Hall–Kier alpha value is -1.83. The van der Waals surface area contributed by atoms with E-state index in [1.807, 2.05) is 6.20 Å². The molecule has 1 aromatic heterocycles. The molecule has 1 aromatic carbocycles. The third-order valence-corrected chi connectivity index (χ3v) is 4.52. The van der Waals surface area contributed by atoms with Crippen LogP contribution >= 0.6 is 0 Å². The number of aryl methyl sites for hydroxylation is 2. The summed E-state index contributed by atoms with van der Waals surface area (Å²) in [6, 6.07) is 13.1. The molecule has 1 heterocycles. The van der Waals surface area contributed by atoms with Gasteiger partial charge < -0.3 is 5.32 Å². The van der Waals surface area contributed by atoms with Gasteiger partial charge in [0, 0.05) is 11.9 Å². The van der Waals surface area contributed by atoms with E-state index >= 15 is 0 Å². The molecule has 0 bridgehead atoms. The Bertz CT molecular complexity index is 576. The fourth-order valence-corrected chi connectivity index (χ4v) is 3.08. The summed E-state index contributed by atoms with van der Waals surface area (Å²) in [5.74, 6) is 2.50. The largest absolute Gasteiger partial charge is 0.340 e. The van der Waals surface area contributed by atoms with Crippen LogP contribution in [0.4, 0.5) is 11.5 Å². The smallest absolute Gasteiger partial charge is 0.130 e. The third-order valence-electron chi connectivity index (χ3n) is 4.52. The topological polar surface area (TPSA) is 24.9 Å². The summed E-state index contributed by atoms with van der Waals surface area (Å²) < 4.78 is 0. The van der Waals surface area contributed by atoms with Crippen molar-refractivity contribution in [1.29, 1.82) is 0 Å². The first-order valence-corrected chi connectivity index (χ1v) is 9.84. The zero-order valence-corrected chi connectivity index (χ0v) is 16.4. The van der Waals surface area contributed by atoms with Crippen molar-refractivity contribution >= 4 is 11.5 Å². The highest BCUT2D eigenvalue weighted by Gasteiger charge is 2.02. The zero-order chi connectivity index (χ0) is 18.1. The Morgan fingerprint density at radius 3 is 2.12 bits per heavy atom. The van der Waals surface area contributed by atoms with Crippen LogP contribution in [0.15, 0.2) is 42.6 Å². The molecule has 0 aliphatic rings. The molecular formula is C23H34N2. The standard InChI is InChI=1S/C23H34N2/c1-18(2)8-5-10-20-12-7-13-22(16-20)25-23-17-21(14-15-24-23)11-6-9-19(3)4/h7,12-19H,5-6,8-11H2,1-4H3,(H,24,25). The molecule has 0 spiro atoms. The van der Waals surface area contributed by atoms with Crippen LogP contribution in [0.5, 0.6) is 0 Å². The first kappa shape index (κ1) is 19.5. The summed E-state index contributed by atoms with van der Waals surface area (Å²) in [5, 5.41) is 3.47. The van der Waals surface area contributed by atoms with Crippen LogP contribution in [0, 0.1) is 11.8 Å². The predicted octanol–water partition coefficient (Wildman–Crippen LogP) is 6.78. The van der Waals surface area contributed by atoms with Gasteiger partial charge in [-0.1, -0.05) is 52.7 Å². The molecule has 0 saturated carbocycles. The quantitative estimate of drug-likeness (QED) is 0.516. The van der Waals surface area contributed by atoms with Gasteiger partial charge in [0.15, 0.2) is 0 Å². The number of hydrogen-bond donors (Lipinski definition) is 1. The second kappa shape index (κ2) is 10.2. The number of rotatable bonds is 10. The van der Waals surface area contributed by atoms with Crippen LogP contribution in [-0.4, -0.2) is 4.98 Å². The molecule has 2 rings (SSSR count). The Labute approximate surface area is 154 Å². The van der Waals surface area contributed by atoms with Crippen molar-refractivity contribution in [2.24, 2.45) is 11.8 Å². The van der Waals surface area contributed by atoms with E-state index in [1.54, 1.807) is 0 Å². The average molecular weight is 339 g/mol. The summed E-state index contributed by atoms with van der Waals surface area (Å²) in [6.07, 6.45) is 9.26. The molecule has 0 atom stereocenters. The van der Waals surface area contributed by atoms with Gasteiger partial charge in [-0.3, -0.25) is 0 Å². The highest BCUT2D eigenvalue weighted by atomic mass is 15.0. The van der Waals surface area contributed by atoms with Gasteiger partial charge in [-0.05, 0) is 72.9 Å². The van der Waals surface area contributed by atoms with Gasteiger partial charge in [0.2, 0.25) is 0 Å². The molecule has 2 heteroatoms. The molecule has 0 radical (unpaired) electrons. The minimum absolute atomic E-state index is 0.776. The van der Waals surface area contributed by atoms with E-state index in [0.29, 0.717) is 0 Å². The Kier molecular flexibility index (Phi) is 7.97. The highest BCUT2D eigenvalue weighted by Crippen LogP contribution is 2.19. The highest BCUT2D eigenvalue weighted by molar-refractivity contribution is 5.57. The Morgan fingerprint density at radius 1 is 0.840 bits per heavy atom. The lowest BCUT2D eigenvalue weighted by Crippen LogP contribution is -1.97. The zero-order valence-electron chi connectivity index (χ0n) is 16.4. The molecule has 2 aromatic rings. The number of hydrogen-bond acceptors (Lipinski definition) is 2. The first-order valence-electron chi connectivity index (χ1n) is 9.84. The van der Waals surface area contributed by atoms with Crippen molar-refractivity contribution in [3.8, 4) is 0 Å². The molecule has 2 nitrogen and oxygen atoms in total. The molecule has 0 saturated heterocycles. The summed E-state index contributed by atoms with van der Waals surface area (Å²) in [4.78, 5) is 4.48. The first-order chi connectivity index (χ1) is 12.0. The van der Waals surface area contributed by atoms with Crippen molar-refractivity contribution in [2.45, 2.75) is 66.2 Å². The second-order valence-electron chi connectivity index (χ2n) is 7.95. The van der Waals surface area contributed by atoms with Gasteiger partial charge in [-0.2, -0.15) is 0 Å². The van der Waals surface area contributed by atoms with E-state index < -0.39 is 0 Å². The fraction of sp³-hybridized carbons (Fsp3) is 0.522. The Balaban J connectivity index is 1.92. The van der Waals surface area contributed by atoms with Gasteiger partial charge in [0.1, 0.15) is 5.82 Å². The number of pyridine rings is 1. The third kappa shape index (κ3) is 7.72. The van der Waals surface area contributed by atoms with Crippen LogP contribution in [0.1, 0.15) is 64.5 Å². The number of nitrogens with zero attached hydrogens (tertiary/aromatic N) is 1. The molecule has 1 N–H and O–H groups in total. The van der Waals surface area contributed by atoms with E-state index in [-0.39, 0.29) is 0 Å². The lowest BCUT2D eigenvalue weighted by molar-refractivity contribution is 0.556. The van der Waals surface area contributed by atoms with Gasteiger partial charge >= 0.3 is 0 Å². The second-order valence-corrected chi connectivity index (χ2v) is 7.95. The van der Waals surface area contributed by atoms with Crippen LogP contribution < -0.4 is 5.32 Å². The van der Waals surface area contributed by atoms with Crippen molar-refractivity contribution in [3.05, 3.63) is 53.7 Å². The van der Waals surface area contributed by atoms with Crippen LogP contribution in [0.25, 0.3) is 0 Å². The lowest BCUT2D eigenvalue weighted by Gasteiger charge is -2.10. The molecule has 25 heavy (non-hydrogen) atoms.